The normalized spacial score (nSPS) is 9.50. The summed E-state index contributed by atoms with van der Waals surface area (Å²) in [6.07, 6.45) is 6.92. The zero-order valence-electron chi connectivity index (χ0n) is 9.00. The maximum Gasteiger partial charge on any atom is 0.224 e. The van der Waals surface area contributed by atoms with Crippen LogP contribution in [0.4, 0.5) is 0 Å². The number of hydrogen-bond acceptors (Lipinski definition) is 1. The number of unbranched alkanes of at least 4 members (excludes halogenated alkanes) is 1. The molecule has 1 rings (SSSR count). The summed E-state index contributed by atoms with van der Waals surface area (Å²) in [4.78, 5) is 11.5. The lowest BCUT2D eigenvalue weighted by molar-refractivity contribution is -0.120. The van der Waals surface area contributed by atoms with Gasteiger partial charge in [0, 0.05) is 18.0 Å². The maximum atomic E-state index is 11.5. The van der Waals surface area contributed by atoms with Crippen molar-refractivity contribution < 1.29 is 4.79 Å². The third-order valence-corrected chi connectivity index (χ3v) is 2.50. The summed E-state index contributed by atoms with van der Waals surface area (Å²) >= 11 is 5.95. The van der Waals surface area contributed by atoms with Crippen LogP contribution in [0.2, 0.25) is 5.02 Å². The molecule has 0 atom stereocenters. The summed E-state index contributed by atoms with van der Waals surface area (Å²) < 4.78 is 0. The lowest BCUT2D eigenvalue weighted by Crippen LogP contribution is -2.26. The number of halogens is 1. The molecule has 0 aliphatic carbocycles. The number of carbonyl (C=O) groups excluding carboxylic acids is 1. The largest absolute Gasteiger partial charge is 0.356 e. The van der Waals surface area contributed by atoms with Crippen molar-refractivity contribution in [2.75, 3.05) is 6.54 Å². The Balaban J connectivity index is 2.35. The van der Waals surface area contributed by atoms with Gasteiger partial charge in [0.05, 0.1) is 6.42 Å². The maximum absolute atomic E-state index is 11.5. The fourth-order valence-electron chi connectivity index (χ4n) is 1.30. The molecule has 0 bridgehead atoms. The average molecular weight is 236 g/mol. The van der Waals surface area contributed by atoms with Crippen molar-refractivity contribution in [2.24, 2.45) is 0 Å². The van der Waals surface area contributed by atoms with Crippen LogP contribution in [0.25, 0.3) is 0 Å². The molecular formula is C13H14ClNO. The van der Waals surface area contributed by atoms with Gasteiger partial charge in [-0.25, -0.2) is 0 Å². The van der Waals surface area contributed by atoms with Crippen LogP contribution in [0.1, 0.15) is 18.4 Å². The molecule has 84 valence electrons. The van der Waals surface area contributed by atoms with Crippen LogP contribution < -0.4 is 5.32 Å². The molecule has 0 heterocycles. The molecule has 0 saturated carbocycles. The summed E-state index contributed by atoms with van der Waals surface area (Å²) in [5.41, 5.74) is 0.846. The number of nitrogens with one attached hydrogen (secondary N) is 1. The molecule has 0 aliphatic heterocycles. The topological polar surface area (TPSA) is 29.1 Å². The zero-order valence-corrected chi connectivity index (χ0v) is 9.76. The van der Waals surface area contributed by atoms with Gasteiger partial charge in [0.25, 0.3) is 0 Å². The second-order valence-corrected chi connectivity index (χ2v) is 3.83. The van der Waals surface area contributed by atoms with Gasteiger partial charge in [-0.1, -0.05) is 29.8 Å². The van der Waals surface area contributed by atoms with E-state index in [1.165, 1.54) is 0 Å². The van der Waals surface area contributed by atoms with E-state index in [4.69, 9.17) is 18.0 Å². The average Bonchev–Trinajstić information content (AvgIpc) is 2.28. The molecule has 0 unspecified atom stereocenters. The highest BCUT2D eigenvalue weighted by atomic mass is 35.5. The molecule has 1 aromatic rings. The first-order chi connectivity index (χ1) is 7.74. The summed E-state index contributed by atoms with van der Waals surface area (Å²) in [6, 6.07) is 7.34. The van der Waals surface area contributed by atoms with E-state index >= 15 is 0 Å². The van der Waals surface area contributed by atoms with E-state index in [2.05, 4.69) is 11.2 Å². The van der Waals surface area contributed by atoms with Crippen LogP contribution in [-0.4, -0.2) is 12.5 Å². The minimum Gasteiger partial charge on any atom is -0.356 e. The number of hydrogen-bond donors (Lipinski definition) is 1. The van der Waals surface area contributed by atoms with E-state index in [0.29, 0.717) is 24.4 Å². The Kier molecular flexibility index (Phi) is 5.45. The monoisotopic (exact) mass is 235 g/mol. The second kappa shape index (κ2) is 6.92. The van der Waals surface area contributed by atoms with E-state index in [1.807, 2.05) is 18.2 Å². The number of carbonyl (C=O) groups is 1. The Morgan fingerprint density at radius 2 is 2.19 bits per heavy atom. The summed E-state index contributed by atoms with van der Waals surface area (Å²) in [6.45, 7) is 0.619. The van der Waals surface area contributed by atoms with Gasteiger partial charge < -0.3 is 5.32 Å². The van der Waals surface area contributed by atoms with Crippen molar-refractivity contribution in [3.05, 3.63) is 34.9 Å². The second-order valence-electron chi connectivity index (χ2n) is 3.43. The molecule has 1 amide bonds. The molecule has 1 N–H and O–H groups in total. The molecule has 0 aromatic heterocycles. The molecule has 0 spiro atoms. The highest BCUT2D eigenvalue weighted by Gasteiger charge is 2.05. The van der Waals surface area contributed by atoms with Gasteiger partial charge in [-0.05, 0) is 18.1 Å². The Hall–Kier alpha value is -1.46. The Bertz CT molecular complexity index is 395. The molecule has 0 radical (unpaired) electrons. The summed E-state index contributed by atoms with van der Waals surface area (Å²) in [5, 5.41) is 3.43. The number of terminal acetylenes is 1. The highest BCUT2D eigenvalue weighted by molar-refractivity contribution is 6.31. The van der Waals surface area contributed by atoms with E-state index in [9.17, 15) is 4.79 Å². The molecule has 16 heavy (non-hydrogen) atoms. The van der Waals surface area contributed by atoms with Crippen LogP contribution in [0.5, 0.6) is 0 Å². The van der Waals surface area contributed by atoms with Gasteiger partial charge in [-0.2, -0.15) is 0 Å². The lowest BCUT2D eigenvalue weighted by Gasteiger charge is -2.05. The van der Waals surface area contributed by atoms with Gasteiger partial charge in [0.1, 0.15) is 0 Å². The van der Waals surface area contributed by atoms with Gasteiger partial charge in [0.15, 0.2) is 0 Å². The summed E-state index contributed by atoms with van der Waals surface area (Å²) in [7, 11) is 0. The number of benzene rings is 1. The number of rotatable bonds is 5. The van der Waals surface area contributed by atoms with Crippen molar-refractivity contribution in [1.29, 1.82) is 0 Å². The SMILES string of the molecule is C#CCCCNC(=O)Cc1ccccc1Cl. The molecule has 1 aromatic carbocycles. The van der Waals surface area contributed by atoms with Crippen LogP contribution in [-0.2, 0) is 11.2 Å². The third kappa shape index (κ3) is 4.37. The molecular weight excluding hydrogens is 222 g/mol. The Morgan fingerprint density at radius 3 is 2.88 bits per heavy atom. The Morgan fingerprint density at radius 1 is 1.44 bits per heavy atom. The fraction of sp³-hybridized carbons (Fsp3) is 0.308. The molecule has 0 fully saturated rings. The number of amides is 1. The van der Waals surface area contributed by atoms with Crippen molar-refractivity contribution in [1.82, 2.24) is 5.32 Å². The Labute approximate surface area is 101 Å². The first-order valence-corrected chi connectivity index (χ1v) is 5.55. The predicted octanol–water partition coefficient (Wildman–Crippen LogP) is 2.41. The molecule has 0 aliphatic rings. The molecule has 2 nitrogen and oxygen atoms in total. The van der Waals surface area contributed by atoms with E-state index in [1.54, 1.807) is 6.07 Å². The van der Waals surface area contributed by atoms with Crippen molar-refractivity contribution in [2.45, 2.75) is 19.3 Å². The molecule has 3 heteroatoms. The fourth-order valence-corrected chi connectivity index (χ4v) is 1.50. The first kappa shape index (κ1) is 12.6. The predicted molar refractivity (Wildman–Crippen MR) is 66.2 cm³/mol. The minimum atomic E-state index is -0.0230. The lowest BCUT2D eigenvalue weighted by atomic mass is 10.1. The minimum absolute atomic E-state index is 0.0230. The van der Waals surface area contributed by atoms with Gasteiger partial charge in [0.2, 0.25) is 5.91 Å². The zero-order chi connectivity index (χ0) is 11.8. The quantitative estimate of drug-likeness (QED) is 0.616. The first-order valence-electron chi connectivity index (χ1n) is 5.17. The van der Waals surface area contributed by atoms with Crippen LogP contribution in [0, 0.1) is 12.3 Å². The van der Waals surface area contributed by atoms with E-state index in [-0.39, 0.29) is 5.91 Å². The van der Waals surface area contributed by atoms with Gasteiger partial charge in [-0.3, -0.25) is 4.79 Å². The standard InChI is InChI=1S/C13H14ClNO/c1-2-3-6-9-15-13(16)10-11-7-4-5-8-12(11)14/h1,4-5,7-8H,3,6,9-10H2,(H,15,16). The third-order valence-electron chi connectivity index (χ3n) is 2.13. The summed E-state index contributed by atoms with van der Waals surface area (Å²) in [5.74, 6) is 2.50. The van der Waals surface area contributed by atoms with Gasteiger partial charge >= 0.3 is 0 Å². The highest BCUT2D eigenvalue weighted by Crippen LogP contribution is 2.15. The van der Waals surface area contributed by atoms with Crippen LogP contribution in [0.15, 0.2) is 24.3 Å². The molecule has 0 saturated heterocycles. The van der Waals surface area contributed by atoms with Crippen molar-refractivity contribution in [3.8, 4) is 12.3 Å². The van der Waals surface area contributed by atoms with Crippen molar-refractivity contribution in [3.63, 3.8) is 0 Å². The van der Waals surface area contributed by atoms with Gasteiger partial charge in [-0.15, -0.1) is 12.3 Å². The van der Waals surface area contributed by atoms with Crippen LogP contribution in [0.3, 0.4) is 0 Å². The smallest absolute Gasteiger partial charge is 0.224 e. The van der Waals surface area contributed by atoms with E-state index < -0.39 is 0 Å². The van der Waals surface area contributed by atoms with E-state index in [0.717, 1.165) is 12.0 Å². The van der Waals surface area contributed by atoms with Crippen LogP contribution >= 0.6 is 11.6 Å². The van der Waals surface area contributed by atoms with Crippen molar-refractivity contribution >= 4 is 17.5 Å².